The van der Waals surface area contributed by atoms with Crippen LogP contribution in [0.3, 0.4) is 0 Å². The van der Waals surface area contributed by atoms with Crippen LogP contribution in [0, 0.1) is 5.92 Å². The molecule has 1 aromatic carbocycles. The monoisotopic (exact) mass is 344 g/mol. The van der Waals surface area contributed by atoms with Gasteiger partial charge in [-0.1, -0.05) is 12.1 Å². The second kappa shape index (κ2) is 9.59. The van der Waals surface area contributed by atoms with E-state index in [1.165, 1.54) is 24.3 Å². The average Bonchev–Trinajstić information content (AvgIpc) is 2.52. The smallest absolute Gasteiger partial charge is 0.387 e. The Morgan fingerprint density at radius 1 is 1.00 bits per heavy atom. The molecule has 0 heterocycles. The third kappa shape index (κ3) is 5.60. The number of ketones is 1. The first kappa shape index (κ1) is 19.5. The minimum absolute atomic E-state index is 0.0218. The van der Waals surface area contributed by atoms with Gasteiger partial charge in [-0.3, -0.25) is 14.4 Å². The molecule has 0 unspecified atom stereocenters. The first-order valence-electron chi connectivity index (χ1n) is 7.30. The number of para-hydroxylation sites is 1. The van der Waals surface area contributed by atoms with Crippen molar-refractivity contribution in [1.82, 2.24) is 0 Å². The lowest BCUT2D eigenvalue weighted by molar-refractivity contribution is -0.161. The Bertz CT molecular complexity index is 570. The number of rotatable bonds is 9. The van der Waals surface area contributed by atoms with E-state index in [2.05, 4.69) is 4.74 Å². The fourth-order valence-electron chi connectivity index (χ4n) is 1.94. The summed E-state index contributed by atoms with van der Waals surface area (Å²) in [6.45, 7) is 0.0357. The van der Waals surface area contributed by atoms with Gasteiger partial charge in [0.05, 0.1) is 18.8 Å². The number of alkyl halides is 2. The molecule has 0 bridgehead atoms. The van der Waals surface area contributed by atoms with Gasteiger partial charge in [-0.2, -0.15) is 8.78 Å². The number of Topliss-reactive ketones (excluding diaryl/α,β-unsaturated/α-hetero) is 1. The molecule has 0 N–H and O–H groups in total. The van der Waals surface area contributed by atoms with E-state index in [1.807, 2.05) is 0 Å². The fraction of sp³-hybridized carbons (Fsp3) is 0.438. The summed E-state index contributed by atoms with van der Waals surface area (Å²) in [6, 6.07) is 5.34. The van der Waals surface area contributed by atoms with Crippen LogP contribution in [0.1, 0.15) is 30.6 Å². The van der Waals surface area contributed by atoms with Gasteiger partial charge >= 0.3 is 18.6 Å². The Morgan fingerprint density at radius 2 is 1.54 bits per heavy atom. The van der Waals surface area contributed by atoms with E-state index < -0.39 is 36.7 Å². The Labute approximate surface area is 137 Å². The third-order valence-corrected chi connectivity index (χ3v) is 2.94. The van der Waals surface area contributed by atoms with Crippen molar-refractivity contribution in [1.29, 1.82) is 0 Å². The van der Waals surface area contributed by atoms with E-state index in [0.717, 1.165) is 0 Å². The van der Waals surface area contributed by atoms with E-state index in [9.17, 15) is 23.2 Å². The molecule has 0 saturated carbocycles. The van der Waals surface area contributed by atoms with Crippen molar-refractivity contribution in [3.8, 4) is 5.75 Å². The van der Waals surface area contributed by atoms with Gasteiger partial charge in [0.15, 0.2) is 11.7 Å². The highest BCUT2D eigenvalue weighted by Gasteiger charge is 2.33. The molecule has 0 fully saturated rings. The van der Waals surface area contributed by atoms with Crippen LogP contribution in [0.25, 0.3) is 0 Å². The maximum absolute atomic E-state index is 12.4. The maximum atomic E-state index is 12.4. The van der Waals surface area contributed by atoms with Crippen LogP contribution in [0.15, 0.2) is 24.3 Å². The van der Waals surface area contributed by atoms with Crippen LogP contribution in [-0.4, -0.2) is 37.5 Å². The number of halogens is 2. The summed E-state index contributed by atoms with van der Waals surface area (Å²) in [7, 11) is 0. The van der Waals surface area contributed by atoms with Gasteiger partial charge < -0.3 is 14.2 Å². The lowest BCUT2D eigenvalue weighted by atomic mass is 9.97. The third-order valence-electron chi connectivity index (χ3n) is 2.94. The maximum Gasteiger partial charge on any atom is 0.387 e. The van der Waals surface area contributed by atoms with E-state index >= 15 is 0 Å². The van der Waals surface area contributed by atoms with Gasteiger partial charge in [-0.15, -0.1) is 0 Å². The molecule has 0 aliphatic heterocycles. The summed E-state index contributed by atoms with van der Waals surface area (Å²) in [5.74, 6) is -4.31. The standard InChI is InChI=1S/C16H18F2O6/c1-3-22-14(20)11(15(21)23-4-2)9-12(19)10-7-5-6-8-13(10)24-16(17)18/h5-8,11,16H,3-4,9H2,1-2H3. The van der Waals surface area contributed by atoms with Gasteiger partial charge in [0.2, 0.25) is 0 Å². The predicted octanol–water partition coefficient (Wildman–Crippen LogP) is 2.60. The summed E-state index contributed by atoms with van der Waals surface area (Å²) in [6.07, 6.45) is -0.568. The molecule has 24 heavy (non-hydrogen) atoms. The average molecular weight is 344 g/mol. The van der Waals surface area contributed by atoms with Crippen molar-refractivity contribution < 1.29 is 37.4 Å². The molecule has 6 nitrogen and oxygen atoms in total. The van der Waals surface area contributed by atoms with E-state index in [0.29, 0.717) is 0 Å². The molecule has 8 heteroatoms. The highest BCUT2D eigenvalue weighted by Crippen LogP contribution is 2.24. The van der Waals surface area contributed by atoms with Crippen LogP contribution < -0.4 is 4.74 Å². The summed E-state index contributed by atoms with van der Waals surface area (Å²) in [4.78, 5) is 36.1. The molecule has 1 rings (SSSR count). The predicted molar refractivity (Wildman–Crippen MR) is 78.8 cm³/mol. The zero-order valence-corrected chi connectivity index (χ0v) is 13.3. The minimum atomic E-state index is -3.11. The van der Waals surface area contributed by atoms with Crippen molar-refractivity contribution in [2.75, 3.05) is 13.2 Å². The summed E-state index contributed by atoms with van der Waals surface area (Å²) >= 11 is 0. The Kier molecular flexibility index (Phi) is 7.81. The second-order valence-electron chi connectivity index (χ2n) is 4.56. The summed E-state index contributed by atoms with van der Waals surface area (Å²) < 4.78 is 38.6. The van der Waals surface area contributed by atoms with Crippen LogP contribution in [0.2, 0.25) is 0 Å². The minimum Gasteiger partial charge on any atom is -0.465 e. The quantitative estimate of drug-likeness (QED) is 0.389. The number of ether oxygens (including phenoxy) is 3. The van der Waals surface area contributed by atoms with Crippen molar-refractivity contribution in [3.63, 3.8) is 0 Å². The van der Waals surface area contributed by atoms with Crippen LogP contribution in [-0.2, 0) is 19.1 Å². The molecule has 0 aromatic heterocycles. The van der Waals surface area contributed by atoms with Gasteiger partial charge in [0.25, 0.3) is 0 Å². The van der Waals surface area contributed by atoms with Gasteiger partial charge in [-0.25, -0.2) is 0 Å². The summed E-state index contributed by atoms with van der Waals surface area (Å²) in [5.41, 5.74) is -0.156. The topological polar surface area (TPSA) is 78.9 Å². The lowest BCUT2D eigenvalue weighted by Crippen LogP contribution is -2.30. The van der Waals surface area contributed by atoms with Gasteiger partial charge in [0.1, 0.15) is 5.75 Å². The SMILES string of the molecule is CCOC(=O)C(CC(=O)c1ccccc1OC(F)F)C(=O)OCC. The zero-order valence-electron chi connectivity index (χ0n) is 13.3. The fourth-order valence-corrected chi connectivity index (χ4v) is 1.94. The van der Waals surface area contributed by atoms with Crippen LogP contribution >= 0.6 is 0 Å². The van der Waals surface area contributed by atoms with Gasteiger partial charge in [0, 0.05) is 6.42 Å². The van der Waals surface area contributed by atoms with Crippen molar-refractivity contribution in [2.45, 2.75) is 26.9 Å². The molecule has 0 radical (unpaired) electrons. The first-order valence-corrected chi connectivity index (χ1v) is 7.30. The molecule has 0 aliphatic carbocycles. The Hall–Kier alpha value is -2.51. The van der Waals surface area contributed by atoms with Crippen LogP contribution in [0.4, 0.5) is 8.78 Å². The molecule has 0 spiro atoms. The van der Waals surface area contributed by atoms with Crippen molar-refractivity contribution in [3.05, 3.63) is 29.8 Å². The molecule has 0 amide bonds. The van der Waals surface area contributed by atoms with Crippen LogP contribution in [0.5, 0.6) is 5.75 Å². The molecule has 0 aliphatic rings. The summed E-state index contributed by atoms with van der Waals surface area (Å²) in [5, 5.41) is 0. The number of esters is 2. The normalized spacial score (nSPS) is 10.6. The Morgan fingerprint density at radius 3 is 2.04 bits per heavy atom. The molecule has 0 atom stereocenters. The number of benzene rings is 1. The lowest BCUT2D eigenvalue weighted by Gasteiger charge is -2.15. The first-order chi connectivity index (χ1) is 11.4. The van der Waals surface area contributed by atoms with E-state index in [1.54, 1.807) is 13.8 Å². The highest BCUT2D eigenvalue weighted by molar-refractivity contribution is 6.05. The van der Waals surface area contributed by atoms with Crippen molar-refractivity contribution in [2.24, 2.45) is 5.92 Å². The number of carbonyl (C=O) groups excluding carboxylic acids is 3. The van der Waals surface area contributed by atoms with E-state index in [-0.39, 0.29) is 24.5 Å². The zero-order chi connectivity index (χ0) is 18.1. The van der Waals surface area contributed by atoms with Crippen molar-refractivity contribution >= 4 is 17.7 Å². The highest BCUT2D eigenvalue weighted by atomic mass is 19.3. The van der Waals surface area contributed by atoms with E-state index in [4.69, 9.17) is 9.47 Å². The second-order valence-corrected chi connectivity index (χ2v) is 4.56. The largest absolute Gasteiger partial charge is 0.465 e. The molecule has 132 valence electrons. The Balaban J connectivity index is 2.99. The molecular weight excluding hydrogens is 326 g/mol. The molecule has 1 aromatic rings. The molecule has 0 saturated heterocycles. The number of hydrogen-bond acceptors (Lipinski definition) is 6. The molecular formula is C16H18F2O6. The number of carbonyl (C=O) groups is 3. The van der Waals surface area contributed by atoms with Gasteiger partial charge in [-0.05, 0) is 26.0 Å². The number of hydrogen-bond donors (Lipinski definition) is 0.